The van der Waals surface area contributed by atoms with Crippen LogP contribution < -0.4 is 10.5 Å². The zero-order chi connectivity index (χ0) is 18.9. The molecule has 0 spiro atoms. The van der Waals surface area contributed by atoms with Crippen molar-refractivity contribution in [2.75, 3.05) is 12.3 Å². The van der Waals surface area contributed by atoms with Crippen LogP contribution in [0, 0.1) is 0 Å². The number of nitrogens with two attached hydrogens (primary N) is 1. The maximum atomic E-state index is 12.1. The van der Waals surface area contributed by atoms with Crippen molar-refractivity contribution in [2.45, 2.75) is 18.9 Å². The van der Waals surface area contributed by atoms with Gasteiger partial charge in [-0.3, -0.25) is 4.79 Å². The van der Waals surface area contributed by atoms with Crippen LogP contribution in [0.3, 0.4) is 0 Å². The first kappa shape index (κ1) is 17.6. The number of ether oxygens (including phenoxy) is 2. The average molecular weight is 357 g/mol. The number of benzene rings is 2. The van der Waals surface area contributed by atoms with Gasteiger partial charge in [-0.15, -0.1) is 0 Å². The number of aliphatic hydroxyl groups is 1. The fourth-order valence-electron chi connectivity index (χ4n) is 3.07. The van der Waals surface area contributed by atoms with E-state index in [1.165, 1.54) is 12.3 Å². The Morgan fingerprint density at radius 3 is 2.73 bits per heavy atom. The highest BCUT2D eigenvalue weighted by atomic mass is 16.5. The van der Waals surface area contributed by atoms with Gasteiger partial charge in [0, 0.05) is 23.4 Å². The lowest BCUT2D eigenvalue weighted by molar-refractivity contribution is -0.147. The summed E-state index contributed by atoms with van der Waals surface area (Å²) in [6.45, 7) is 1.81. The van der Waals surface area contributed by atoms with E-state index in [4.69, 9.17) is 15.2 Å². The lowest BCUT2D eigenvalue weighted by Crippen LogP contribution is -2.34. The van der Waals surface area contributed by atoms with Crippen LogP contribution in [0.25, 0.3) is 5.57 Å². The standard InChI is InChI=1S/C19H19NO6/c1-2-25-17(23)9-19(24)14(11-4-3-5-12(20)6-11)10-26-16-8-13(21)7-15(22)18(16)19/h3-8,10,21-22,24H,2,9,20H2,1H3. The summed E-state index contributed by atoms with van der Waals surface area (Å²) >= 11 is 0. The molecular weight excluding hydrogens is 338 g/mol. The summed E-state index contributed by atoms with van der Waals surface area (Å²) in [5.41, 5.74) is 5.10. The maximum Gasteiger partial charge on any atom is 0.309 e. The molecular formula is C19H19NO6. The first-order valence-electron chi connectivity index (χ1n) is 8.03. The molecule has 0 fully saturated rings. The second kappa shape index (κ2) is 6.61. The number of carbonyl (C=O) groups is 1. The third kappa shape index (κ3) is 3.04. The molecule has 1 heterocycles. The topological polar surface area (TPSA) is 122 Å². The van der Waals surface area contributed by atoms with Gasteiger partial charge in [-0.2, -0.15) is 0 Å². The van der Waals surface area contributed by atoms with Crippen LogP contribution in [-0.2, 0) is 15.1 Å². The number of fused-ring (bicyclic) bond motifs is 1. The Balaban J connectivity index is 2.18. The van der Waals surface area contributed by atoms with Crippen LogP contribution in [0.2, 0.25) is 0 Å². The van der Waals surface area contributed by atoms with Gasteiger partial charge in [0.1, 0.15) is 22.8 Å². The first-order chi connectivity index (χ1) is 12.3. The third-order valence-corrected chi connectivity index (χ3v) is 4.13. The number of nitrogen functional groups attached to an aromatic ring is 1. The van der Waals surface area contributed by atoms with E-state index in [1.807, 2.05) is 0 Å². The fourth-order valence-corrected chi connectivity index (χ4v) is 3.07. The van der Waals surface area contributed by atoms with Crippen LogP contribution in [0.1, 0.15) is 24.5 Å². The van der Waals surface area contributed by atoms with Gasteiger partial charge in [-0.1, -0.05) is 12.1 Å². The number of carbonyl (C=O) groups excluding carboxylic acids is 1. The second-order valence-corrected chi connectivity index (χ2v) is 5.95. The molecule has 1 unspecified atom stereocenters. The number of phenolic OH excluding ortho intramolecular Hbond substituents is 2. The van der Waals surface area contributed by atoms with Gasteiger partial charge in [-0.05, 0) is 24.6 Å². The molecule has 0 saturated heterocycles. The molecule has 0 saturated carbocycles. The fraction of sp³-hybridized carbons (Fsp3) is 0.211. The van der Waals surface area contributed by atoms with Crippen molar-refractivity contribution in [1.29, 1.82) is 0 Å². The van der Waals surface area contributed by atoms with E-state index >= 15 is 0 Å². The van der Waals surface area contributed by atoms with Gasteiger partial charge >= 0.3 is 5.97 Å². The van der Waals surface area contributed by atoms with E-state index in [0.29, 0.717) is 11.3 Å². The summed E-state index contributed by atoms with van der Waals surface area (Å²) in [7, 11) is 0. The molecule has 0 amide bonds. The van der Waals surface area contributed by atoms with Gasteiger partial charge < -0.3 is 30.5 Å². The number of anilines is 1. The van der Waals surface area contributed by atoms with Crippen LogP contribution in [-0.4, -0.2) is 27.9 Å². The Kier molecular flexibility index (Phi) is 4.48. The molecule has 0 bridgehead atoms. The first-order valence-corrected chi connectivity index (χ1v) is 8.03. The summed E-state index contributed by atoms with van der Waals surface area (Å²) in [5.74, 6) is -1.24. The number of esters is 1. The Labute approximate surface area is 149 Å². The zero-order valence-corrected chi connectivity index (χ0v) is 14.1. The van der Waals surface area contributed by atoms with Crippen LogP contribution >= 0.6 is 0 Å². The summed E-state index contributed by atoms with van der Waals surface area (Å²) in [5, 5.41) is 31.5. The van der Waals surface area contributed by atoms with E-state index in [1.54, 1.807) is 31.2 Å². The monoisotopic (exact) mass is 357 g/mol. The lowest BCUT2D eigenvalue weighted by Gasteiger charge is -2.35. The van der Waals surface area contributed by atoms with Gasteiger partial charge in [0.2, 0.25) is 0 Å². The minimum atomic E-state index is -1.93. The van der Waals surface area contributed by atoms with E-state index < -0.39 is 23.7 Å². The van der Waals surface area contributed by atoms with E-state index in [2.05, 4.69) is 0 Å². The van der Waals surface area contributed by atoms with Crippen LogP contribution in [0.4, 0.5) is 5.69 Å². The SMILES string of the molecule is CCOC(=O)CC1(O)C(c2cccc(N)c2)=COc2cc(O)cc(O)c21. The number of rotatable bonds is 4. The van der Waals surface area contributed by atoms with Crippen molar-refractivity contribution >= 4 is 17.2 Å². The Morgan fingerprint density at radius 1 is 1.27 bits per heavy atom. The molecule has 1 atom stereocenters. The van der Waals surface area contributed by atoms with Crippen molar-refractivity contribution in [2.24, 2.45) is 0 Å². The van der Waals surface area contributed by atoms with Crippen molar-refractivity contribution < 1.29 is 29.6 Å². The van der Waals surface area contributed by atoms with Crippen LogP contribution in [0.5, 0.6) is 17.2 Å². The molecule has 0 radical (unpaired) electrons. The summed E-state index contributed by atoms with van der Waals surface area (Å²) in [6.07, 6.45) is 0.825. The minimum Gasteiger partial charge on any atom is -0.508 e. The number of hydrogen-bond donors (Lipinski definition) is 4. The van der Waals surface area contributed by atoms with Crippen LogP contribution in [0.15, 0.2) is 42.7 Å². The van der Waals surface area contributed by atoms with Crippen molar-refractivity contribution in [1.82, 2.24) is 0 Å². The highest BCUT2D eigenvalue weighted by Crippen LogP contribution is 2.51. The summed E-state index contributed by atoms with van der Waals surface area (Å²) < 4.78 is 10.5. The van der Waals surface area contributed by atoms with Crippen molar-refractivity contribution in [3.8, 4) is 17.2 Å². The predicted octanol–water partition coefficient (Wildman–Crippen LogP) is 2.25. The Hall–Kier alpha value is -3.19. The molecule has 26 heavy (non-hydrogen) atoms. The maximum absolute atomic E-state index is 12.1. The molecule has 2 aromatic carbocycles. The quantitative estimate of drug-likeness (QED) is 0.489. The summed E-state index contributed by atoms with van der Waals surface area (Å²) in [4.78, 5) is 12.1. The molecule has 136 valence electrons. The molecule has 7 nitrogen and oxygen atoms in total. The zero-order valence-electron chi connectivity index (χ0n) is 14.1. The molecule has 1 aliphatic heterocycles. The lowest BCUT2D eigenvalue weighted by atomic mass is 9.78. The smallest absolute Gasteiger partial charge is 0.309 e. The van der Waals surface area contributed by atoms with Crippen molar-refractivity contribution in [3.63, 3.8) is 0 Å². The molecule has 5 N–H and O–H groups in total. The van der Waals surface area contributed by atoms with Crippen molar-refractivity contribution in [3.05, 3.63) is 53.8 Å². The van der Waals surface area contributed by atoms with E-state index in [0.717, 1.165) is 6.07 Å². The number of hydrogen-bond acceptors (Lipinski definition) is 7. The molecule has 2 aromatic rings. The van der Waals surface area contributed by atoms with E-state index in [-0.39, 0.29) is 29.2 Å². The second-order valence-electron chi connectivity index (χ2n) is 5.95. The van der Waals surface area contributed by atoms with Gasteiger partial charge in [0.15, 0.2) is 0 Å². The molecule has 0 aromatic heterocycles. The largest absolute Gasteiger partial charge is 0.508 e. The Bertz CT molecular complexity index is 892. The van der Waals surface area contributed by atoms with Gasteiger partial charge in [0.25, 0.3) is 0 Å². The highest BCUT2D eigenvalue weighted by Gasteiger charge is 2.45. The molecule has 0 aliphatic carbocycles. The molecule has 3 rings (SSSR count). The third-order valence-electron chi connectivity index (χ3n) is 4.13. The predicted molar refractivity (Wildman–Crippen MR) is 94.4 cm³/mol. The average Bonchev–Trinajstić information content (AvgIpc) is 2.54. The summed E-state index contributed by atoms with van der Waals surface area (Å²) in [6, 6.07) is 9.01. The molecule has 7 heteroatoms. The van der Waals surface area contributed by atoms with Gasteiger partial charge in [-0.25, -0.2) is 0 Å². The number of aromatic hydroxyl groups is 2. The highest BCUT2D eigenvalue weighted by molar-refractivity contribution is 5.84. The normalized spacial score (nSPS) is 18.5. The van der Waals surface area contributed by atoms with Gasteiger partial charge in [0.05, 0.1) is 24.9 Å². The minimum absolute atomic E-state index is 0.0247. The number of phenols is 2. The molecule has 1 aliphatic rings. The Morgan fingerprint density at radius 2 is 2.04 bits per heavy atom. The van der Waals surface area contributed by atoms with E-state index in [9.17, 15) is 20.1 Å².